The normalized spacial score (nSPS) is 9.96. The molecule has 0 aliphatic rings. The van der Waals surface area contributed by atoms with Gasteiger partial charge in [-0.05, 0) is 62.0 Å². The third-order valence-electron chi connectivity index (χ3n) is 3.32. The topological polar surface area (TPSA) is 79.5 Å². The minimum absolute atomic E-state index is 0.0211. The first kappa shape index (κ1) is 19.7. The Morgan fingerprint density at radius 3 is 2.58 bits per heavy atom. The largest absolute Gasteiger partial charge is 0.484 e. The van der Waals surface area contributed by atoms with Crippen molar-refractivity contribution in [2.75, 3.05) is 6.61 Å². The number of hydrogen-bond acceptors (Lipinski definition) is 4. The number of hydrazine groups is 1. The van der Waals surface area contributed by atoms with Crippen LogP contribution >= 0.6 is 23.8 Å². The molecule has 0 heterocycles. The third kappa shape index (κ3) is 6.02. The predicted octanol–water partition coefficient (Wildman–Crippen LogP) is 2.67. The number of carbonyl (C=O) groups is 2. The van der Waals surface area contributed by atoms with Gasteiger partial charge in [0.05, 0.1) is 0 Å². The van der Waals surface area contributed by atoms with Crippen molar-refractivity contribution in [1.82, 2.24) is 16.2 Å². The molecule has 0 unspecified atom stereocenters. The maximum Gasteiger partial charge on any atom is 0.276 e. The summed E-state index contributed by atoms with van der Waals surface area (Å²) in [7, 11) is 0. The standard InChI is InChI=1S/C18H18ClN3O3S/c1-11-4-3-5-13(8-11)17(24)20-18(26)22-21-16(23)10-25-14-6-7-15(19)12(2)9-14/h3-9H,10H2,1-2H3,(H,21,23)(H2,20,22,24,26). The average molecular weight is 392 g/mol. The van der Waals surface area contributed by atoms with Crippen LogP contribution in [0.25, 0.3) is 0 Å². The Kier molecular flexibility index (Phi) is 6.94. The smallest absolute Gasteiger partial charge is 0.276 e. The van der Waals surface area contributed by atoms with E-state index in [0.29, 0.717) is 16.3 Å². The first-order valence-corrected chi connectivity index (χ1v) is 8.49. The van der Waals surface area contributed by atoms with E-state index in [-0.39, 0.29) is 17.6 Å². The number of halogens is 1. The van der Waals surface area contributed by atoms with E-state index in [2.05, 4.69) is 16.2 Å². The molecule has 2 rings (SSSR count). The minimum atomic E-state index is -0.454. The van der Waals surface area contributed by atoms with Gasteiger partial charge in [0, 0.05) is 10.6 Å². The van der Waals surface area contributed by atoms with Crippen molar-refractivity contribution >= 4 is 40.7 Å². The molecule has 0 aromatic heterocycles. The van der Waals surface area contributed by atoms with Crippen LogP contribution in [0.1, 0.15) is 21.5 Å². The summed E-state index contributed by atoms with van der Waals surface area (Å²) in [4.78, 5) is 23.8. The lowest BCUT2D eigenvalue weighted by Crippen LogP contribution is -2.49. The van der Waals surface area contributed by atoms with Gasteiger partial charge in [0.15, 0.2) is 11.7 Å². The van der Waals surface area contributed by atoms with Crippen LogP contribution in [0.3, 0.4) is 0 Å². The first-order valence-electron chi connectivity index (χ1n) is 7.71. The van der Waals surface area contributed by atoms with E-state index < -0.39 is 5.91 Å². The van der Waals surface area contributed by atoms with Crippen LogP contribution < -0.4 is 20.9 Å². The molecule has 2 aromatic carbocycles. The molecule has 0 atom stereocenters. The predicted molar refractivity (Wildman–Crippen MR) is 104 cm³/mol. The molecule has 26 heavy (non-hydrogen) atoms. The molecule has 3 N–H and O–H groups in total. The first-order chi connectivity index (χ1) is 12.3. The van der Waals surface area contributed by atoms with Gasteiger partial charge in [-0.1, -0.05) is 29.3 Å². The number of rotatable bonds is 4. The van der Waals surface area contributed by atoms with E-state index in [0.717, 1.165) is 11.1 Å². The molecular weight excluding hydrogens is 374 g/mol. The van der Waals surface area contributed by atoms with Crippen LogP contribution in [0.4, 0.5) is 0 Å². The maximum atomic E-state index is 12.0. The van der Waals surface area contributed by atoms with Crippen LogP contribution in [0.15, 0.2) is 42.5 Å². The van der Waals surface area contributed by atoms with E-state index in [4.69, 9.17) is 28.6 Å². The molecule has 2 aromatic rings. The highest BCUT2D eigenvalue weighted by atomic mass is 35.5. The van der Waals surface area contributed by atoms with Gasteiger partial charge >= 0.3 is 0 Å². The second kappa shape index (κ2) is 9.17. The number of carbonyl (C=O) groups excluding carboxylic acids is 2. The molecule has 0 aliphatic heterocycles. The van der Waals surface area contributed by atoms with Gasteiger partial charge in [-0.2, -0.15) is 0 Å². The van der Waals surface area contributed by atoms with Gasteiger partial charge in [-0.15, -0.1) is 0 Å². The molecule has 0 bridgehead atoms. The fourth-order valence-electron chi connectivity index (χ4n) is 2.01. The highest BCUT2D eigenvalue weighted by molar-refractivity contribution is 7.80. The zero-order valence-electron chi connectivity index (χ0n) is 14.3. The molecule has 136 valence electrons. The van der Waals surface area contributed by atoms with Crippen molar-refractivity contribution in [2.24, 2.45) is 0 Å². The minimum Gasteiger partial charge on any atom is -0.484 e. The number of aryl methyl sites for hydroxylation is 2. The van der Waals surface area contributed by atoms with Crippen molar-refractivity contribution in [3.63, 3.8) is 0 Å². The van der Waals surface area contributed by atoms with Crippen molar-refractivity contribution < 1.29 is 14.3 Å². The molecular formula is C18H18ClN3O3S. The summed E-state index contributed by atoms with van der Waals surface area (Å²) >= 11 is 10.9. The quantitative estimate of drug-likeness (QED) is 0.551. The van der Waals surface area contributed by atoms with Crippen molar-refractivity contribution in [1.29, 1.82) is 0 Å². The zero-order chi connectivity index (χ0) is 19.1. The number of ether oxygens (including phenoxy) is 1. The molecule has 2 amide bonds. The second-order valence-corrected chi connectivity index (χ2v) is 6.34. The molecule has 8 heteroatoms. The van der Waals surface area contributed by atoms with Crippen LogP contribution in [0.2, 0.25) is 5.02 Å². The Labute approximate surface area is 161 Å². The number of thiocarbonyl (C=S) groups is 1. The van der Waals surface area contributed by atoms with Crippen LogP contribution in [0.5, 0.6) is 5.75 Å². The molecule has 0 saturated heterocycles. The number of hydrogen-bond donors (Lipinski definition) is 3. The number of nitrogens with one attached hydrogen (secondary N) is 3. The van der Waals surface area contributed by atoms with Gasteiger partial charge in [0.1, 0.15) is 5.75 Å². The molecule has 0 saturated carbocycles. The number of amides is 2. The van der Waals surface area contributed by atoms with Gasteiger partial charge in [0.2, 0.25) is 0 Å². The Hall–Kier alpha value is -2.64. The Morgan fingerprint density at radius 1 is 1.12 bits per heavy atom. The molecule has 0 radical (unpaired) electrons. The van der Waals surface area contributed by atoms with Crippen molar-refractivity contribution in [3.8, 4) is 5.75 Å². The van der Waals surface area contributed by atoms with E-state index in [1.54, 1.807) is 36.4 Å². The van der Waals surface area contributed by atoms with Crippen LogP contribution in [-0.2, 0) is 4.79 Å². The van der Waals surface area contributed by atoms with E-state index in [9.17, 15) is 9.59 Å². The molecule has 6 nitrogen and oxygen atoms in total. The Bertz CT molecular complexity index is 842. The highest BCUT2D eigenvalue weighted by Gasteiger charge is 2.09. The van der Waals surface area contributed by atoms with Gasteiger partial charge in [0.25, 0.3) is 11.8 Å². The van der Waals surface area contributed by atoms with Gasteiger partial charge < -0.3 is 4.74 Å². The highest BCUT2D eigenvalue weighted by Crippen LogP contribution is 2.20. The molecule has 0 fully saturated rings. The molecule has 0 spiro atoms. The lowest BCUT2D eigenvalue weighted by atomic mass is 10.1. The average Bonchev–Trinajstić information content (AvgIpc) is 2.61. The van der Waals surface area contributed by atoms with Crippen LogP contribution in [0, 0.1) is 13.8 Å². The summed E-state index contributed by atoms with van der Waals surface area (Å²) in [6.45, 7) is 3.50. The summed E-state index contributed by atoms with van der Waals surface area (Å²) in [5.74, 6) is -0.296. The molecule has 0 aliphatic carbocycles. The maximum absolute atomic E-state index is 12.0. The van der Waals surface area contributed by atoms with E-state index >= 15 is 0 Å². The fraction of sp³-hybridized carbons (Fsp3) is 0.167. The van der Waals surface area contributed by atoms with Crippen LogP contribution in [-0.4, -0.2) is 23.5 Å². The van der Waals surface area contributed by atoms with Gasteiger partial charge in [-0.25, -0.2) is 0 Å². The van der Waals surface area contributed by atoms with Crippen molar-refractivity contribution in [2.45, 2.75) is 13.8 Å². The summed E-state index contributed by atoms with van der Waals surface area (Å²) in [5.41, 5.74) is 7.09. The van der Waals surface area contributed by atoms with Crippen molar-refractivity contribution in [3.05, 3.63) is 64.2 Å². The lowest BCUT2D eigenvalue weighted by Gasteiger charge is -2.12. The summed E-state index contributed by atoms with van der Waals surface area (Å²) in [6, 6.07) is 12.2. The fourth-order valence-corrected chi connectivity index (χ4v) is 2.27. The lowest BCUT2D eigenvalue weighted by molar-refractivity contribution is -0.123. The monoisotopic (exact) mass is 391 g/mol. The van der Waals surface area contributed by atoms with E-state index in [1.807, 2.05) is 19.9 Å². The summed E-state index contributed by atoms with van der Waals surface area (Å²) < 4.78 is 5.36. The number of benzene rings is 2. The summed E-state index contributed by atoms with van der Waals surface area (Å²) in [5, 5.41) is 3.08. The third-order valence-corrected chi connectivity index (χ3v) is 3.95. The summed E-state index contributed by atoms with van der Waals surface area (Å²) in [6.07, 6.45) is 0. The van der Waals surface area contributed by atoms with Gasteiger partial charge in [-0.3, -0.25) is 25.8 Å². The zero-order valence-corrected chi connectivity index (χ0v) is 15.8. The van der Waals surface area contributed by atoms with E-state index in [1.165, 1.54) is 0 Å². The SMILES string of the molecule is Cc1cccc(C(=O)NC(=S)NNC(=O)COc2ccc(Cl)c(C)c2)c1. The second-order valence-electron chi connectivity index (χ2n) is 5.53. The Morgan fingerprint density at radius 2 is 1.88 bits per heavy atom. The Balaban J connectivity index is 1.75.